The number of carbonyl (C=O) groups is 2. The van der Waals surface area contributed by atoms with Crippen LogP contribution >= 0.6 is 15.9 Å². The van der Waals surface area contributed by atoms with Crippen LogP contribution in [0.4, 0.5) is 0 Å². The second-order valence-electron chi connectivity index (χ2n) is 4.75. The first-order valence-corrected chi connectivity index (χ1v) is 7.07. The van der Waals surface area contributed by atoms with E-state index in [9.17, 15) is 9.59 Å². The molecule has 1 fully saturated rings. The van der Waals surface area contributed by atoms with E-state index in [0.29, 0.717) is 24.9 Å². The summed E-state index contributed by atoms with van der Waals surface area (Å²) in [7, 11) is 0. The normalized spacial score (nSPS) is 22.3. The molecule has 0 N–H and O–H groups in total. The van der Waals surface area contributed by atoms with Crippen LogP contribution in [0.15, 0.2) is 41.4 Å². The summed E-state index contributed by atoms with van der Waals surface area (Å²) in [6.45, 7) is 4.31. The van der Waals surface area contributed by atoms with Gasteiger partial charge in [-0.3, -0.25) is 4.79 Å². The van der Waals surface area contributed by atoms with Crippen molar-refractivity contribution in [2.75, 3.05) is 6.54 Å². The lowest BCUT2D eigenvalue weighted by Gasteiger charge is -2.33. The van der Waals surface area contributed by atoms with E-state index in [2.05, 4.69) is 22.5 Å². The second kappa shape index (κ2) is 5.70. The predicted octanol–water partition coefficient (Wildman–Crippen LogP) is 3.20. The fourth-order valence-corrected chi connectivity index (χ4v) is 3.07. The molecule has 1 amide bonds. The van der Waals surface area contributed by atoms with Crippen LogP contribution in [0.25, 0.3) is 0 Å². The van der Waals surface area contributed by atoms with Gasteiger partial charge in [0.15, 0.2) is 0 Å². The summed E-state index contributed by atoms with van der Waals surface area (Å²) in [5.74, 6) is -0.0982. The molecule has 1 aromatic rings. The number of aldehydes is 1. The maximum atomic E-state index is 12.6. The van der Waals surface area contributed by atoms with E-state index in [1.165, 1.54) is 0 Å². The van der Waals surface area contributed by atoms with Gasteiger partial charge in [-0.1, -0.05) is 18.2 Å². The molecule has 19 heavy (non-hydrogen) atoms. The van der Waals surface area contributed by atoms with Gasteiger partial charge in [0.2, 0.25) is 0 Å². The summed E-state index contributed by atoms with van der Waals surface area (Å²) in [6.07, 6.45) is 4.67. The Morgan fingerprint density at radius 1 is 1.47 bits per heavy atom. The summed E-state index contributed by atoms with van der Waals surface area (Å²) >= 11 is 3.39. The molecule has 1 aliphatic rings. The van der Waals surface area contributed by atoms with Crippen LogP contribution in [0.1, 0.15) is 29.6 Å². The zero-order valence-corrected chi connectivity index (χ0v) is 12.2. The minimum atomic E-state index is -0.714. The first-order valence-electron chi connectivity index (χ1n) is 6.28. The topological polar surface area (TPSA) is 37.4 Å². The monoisotopic (exact) mass is 321 g/mol. The molecule has 2 rings (SSSR count). The van der Waals surface area contributed by atoms with Crippen molar-refractivity contribution in [2.45, 2.75) is 24.8 Å². The Kier molecular flexibility index (Phi) is 4.20. The highest BCUT2D eigenvalue weighted by atomic mass is 79.9. The van der Waals surface area contributed by atoms with Crippen LogP contribution in [0, 0.1) is 0 Å². The molecule has 0 aromatic heterocycles. The van der Waals surface area contributed by atoms with Crippen molar-refractivity contribution in [2.24, 2.45) is 0 Å². The van der Waals surface area contributed by atoms with E-state index in [1.54, 1.807) is 17.0 Å². The van der Waals surface area contributed by atoms with Crippen LogP contribution in [-0.2, 0) is 4.79 Å². The Hall–Kier alpha value is -1.42. The van der Waals surface area contributed by atoms with Gasteiger partial charge in [-0.25, -0.2) is 0 Å². The molecular weight excluding hydrogens is 306 g/mol. The van der Waals surface area contributed by atoms with Crippen LogP contribution in [0.5, 0.6) is 0 Å². The number of amides is 1. The van der Waals surface area contributed by atoms with Crippen LogP contribution in [-0.4, -0.2) is 29.2 Å². The Balaban J connectivity index is 2.35. The summed E-state index contributed by atoms with van der Waals surface area (Å²) in [4.78, 5) is 25.8. The van der Waals surface area contributed by atoms with Gasteiger partial charge in [0, 0.05) is 11.0 Å². The van der Waals surface area contributed by atoms with E-state index in [-0.39, 0.29) is 5.91 Å². The fourth-order valence-electron chi connectivity index (χ4n) is 2.62. The van der Waals surface area contributed by atoms with Crippen molar-refractivity contribution in [1.29, 1.82) is 0 Å². The lowest BCUT2D eigenvalue weighted by molar-refractivity contribution is -0.115. The maximum absolute atomic E-state index is 12.6. The molecule has 1 unspecified atom stereocenters. The van der Waals surface area contributed by atoms with Gasteiger partial charge < -0.3 is 9.69 Å². The Morgan fingerprint density at radius 3 is 2.84 bits per heavy atom. The van der Waals surface area contributed by atoms with E-state index < -0.39 is 5.54 Å². The van der Waals surface area contributed by atoms with Crippen molar-refractivity contribution in [3.05, 3.63) is 47.0 Å². The lowest BCUT2D eigenvalue weighted by atomic mass is 9.93. The highest BCUT2D eigenvalue weighted by Crippen LogP contribution is 2.33. The minimum absolute atomic E-state index is 0.0982. The van der Waals surface area contributed by atoms with E-state index in [1.807, 2.05) is 18.2 Å². The SMILES string of the molecule is C=CCC1(C=O)CCCN1C(=O)c1ccccc1Br. The summed E-state index contributed by atoms with van der Waals surface area (Å²) in [5, 5.41) is 0. The van der Waals surface area contributed by atoms with Gasteiger partial charge in [0.1, 0.15) is 11.8 Å². The van der Waals surface area contributed by atoms with Gasteiger partial charge in [0.25, 0.3) is 5.91 Å². The second-order valence-corrected chi connectivity index (χ2v) is 5.61. The van der Waals surface area contributed by atoms with Gasteiger partial charge >= 0.3 is 0 Å². The molecule has 0 aliphatic carbocycles. The first-order chi connectivity index (χ1) is 9.14. The third kappa shape index (κ3) is 2.50. The molecule has 1 aliphatic heterocycles. The van der Waals surface area contributed by atoms with Crippen LogP contribution in [0.2, 0.25) is 0 Å². The molecular formula is C15H16BrNO2. The number of nitrogens with zero attached hydrogens (tertiary/aromatic N) is 1. The average molecular weight is 322 g/mol. The average Bonchev–Trinajstić information content (AvgIpc) is 2.83. The predicted molar refractivity (Wildman–Crippen MR) is 78.0 cm³/mol. The standard InChI is InChI=1S/C15H16BrNO2/c1-2-8-15(11-18)9-5-10-17(15)14(19)12-6-3-4-7-13(12)16/h2-4,6-7,11H,1,5,8-10H2. The Bertz CT molecular complexity index is 515. The largest absolute Gasteiger partial charge is 0.326 e. The Labute approximate surface area is 121 Å². The molecule has 1 aromatic carbocycles. The lowest BCUT2D eigenvalue weighted by Crippen LogP contribution is -2.48. The quantitative estimate of drug-likeness (QED) is 0.631. The minimum Gasteiger partial charge on any atom is -0.326 e. The molecule has 0 bridgehead atoms. The molecule has 1 heterocycles. The summed E-state index contributed by atoms with van der Waals surface area (Å²) in [5.41, 5.74) is -0.117. The van der Waals surface area contributed by atoms with Crippen molar-refractivity contribution >= 4 is 28.1 Å². The molecule has 0 spiro atoms. The van der Waals surface area contributed by atoms with Crippen molar-refractivity contribution < 1.29 is 9.59 Å². The fraction of sp³-hybridized carbons (Fsp3) is 0.333. The van der Waals surface area contributed by atoms with Gasteiger partial charge in [-0.05, 0) is 47.3 Å². The van der Waals surface area contributed by atoms with E-state index in [4.69, 9.17) is 0 Å². The molecule has 3 nitrogen and oxygen atoms in total. The zero-order valence-electron chi connectivity index (χ0n) is 10.6. The molecule has 100 valence electrons. The highest BCUT2D eigenvalue weighted by molar-refractivity contribution is 9.10. The Morgan fingerprint density at radius 2 is 2.21 bits per heavy atom. The van der Waals surface area contributed by atoms with Crippen molar-refractivity contribution in [3.8, 4) is 0 Å². The van der Waals surface area contributed by atoms with Gasteiger partial charge in [-0.2, -0.15) is 0 Å². The van der Waals surface area contributed by atoms with Crippen molar-refractivity contribution in [1.82, 2.24) is 4.90 Å². The van der Waals surface area contributed by atoms with E-state index in [0.717, 1.165) is 17.2 Å². The molecule has 0 radical (unpaired) electrons. The third-order valence-electron chi connectivity index (χ3n) is 3.60. The highest BCUT2D eigenvalue weighted by Gasteiger charge is 2.43. The number of likely N-dealkylation sites (tertiary alicyclic amines) is 1. The number of hydrogen-bond donors (Lipinski definition) is 0. The van der Waals surface area contributed by atoms with Crippen molar-refractivity contribution in [3.63, 3.8) is 0 Å². The number of halogens is 1. The van der Waals surface area contributed by atoms with E-state index >= 15 is 0 Å². The summed E-state index contributed by atoms with van der Waals surface area (Å²) in [6, 6.07) is 7.29. The smallest absolute Gasteiger partial charge is 0.255 e. The number of carbonyl (C=O) groups excluding carboxylic acids is 2. The van der Waals surface area contributed by atoms with Crippen LogP contribution < -0.4 is 0 Å². The molecule has 1 atom stereocenters. The molecule has 4 heteroatoms. The number of rotatable bonds is 4. The first kappa shape index (κ1) is 14.0. The third-order valence-corrected chi connectivity index (χ3v) is 4.29. The number of hydrogen-bond acceptors (Lipinski definition) is 2. The maximum Gasteiger partial charge on any atom is 0.255 e. The van der Waals surface area contributed by atoms with Gasteiger partial charge in [0.05, 0.1) is 5.56 Å². The number of benzene rings is 1. The zero-order chi connectivity index (χ0) is 13.9. The summed E-state index contributed by atoms with van der Waals surface area (Å²) < 4.78 is 0.755. The molecule has 0 saturated carbocycles. The van der Waals surface area contributed by atoms with Gasteiger partial charge in [-0.15, -0.1) is 6.58 Å². The van der Waals surface area contributed by atoms with Crippen LogP contribution in [0.3, 0.4) is 0 Å². The molecule has 1 saturated heterocycles.